The van der Waals surface area contributed by atoms with Crippen molar-refractivity contribution in [2.24, 2.45) is 0 Å². The summed E-state index contributed by atoms with van der Waals surface area (Å²) in [5.74, 6) is -1.59. The summed E-state index contributed by atoms with van der Waals surface area (Å²) < 4.78 is 5.46. The summed E-state index contributed by atoms with van der Waals surface area (Å²) in [7, 11) is 1.50. The van der Waals surface area contributed by atoms with Crippen molar-refractivity contribution in [2.45, 2.75) is 63.7 Å². The number of para-hydroxylation sites is 1. The smallest absolute Gasteiger partial charge is 0.354 e. The van der Waals surface area contributed by atoms with E-state index in [-0.39, 0.29) is 42.6 Å². The molecule has 3 aliphatic rings. The van der Waals surface area contributed by atoms with Crippen LogP contribution in [0.3, 0.4) is 0 Å². The number of esters is 1. The number of ether oxygens (including phenoxy) is 1. The lowest BCUT2D eigenvalue weighted by Gasteiger charge is -2.46. The highest BCUT2D eigenvalue weighted by atomic mass is 16.5. The monoisotopic (exact) mass is 413 g/mol. The predicted octanol–water partition coefficient (Wildman–Crippen LogP) is 1.93. The number of piperidine rings is 1. The molecule has 3 amide bonds. The summed E-state index contributed by atoms with van der Waals surface area (Å²) in [6, 6.07) is 6.92. The van der Waals surface area contributed by atoms with Crippen LogP contribution in [0.1, 0.15) is 56.3 Å². The Morgan fingerprint density at radius 3 is 2.50 bits per heavy atom. The molecule has 1 aromatic rings. The first-order valence-corrected chi connectivity index (χ1v) is 10.5. The molecule has 8 heteroatoms. The molecule has 0 aliphatic carbocycles. The predicted molar refractivity (Wildman–Crippen MR) is 109 cm³/mol. The molecule has 0 radical (unpaired) electrons. The number of anilines is 1. The molecule has 3 aliphatic heterocycles. The van der Waals surface area contributed by atoms with Gasteiger partial charge in [0.2, 0.25) is 11.6 Å². The maximum absolute atomic E-state index is 13.3. The van der Waals surface area contributed by atoms with Crippen molar-refractivity contribution in [1.29, 1.82) is 0 Å². The van der Waals surface area contributed by atoms with Crippen LogP contribution in [-0.4, -0.2) is 64.9 Å². The average Bonchev–Trinajstić information content (AvgIpc) is 3.08. The standard InChI is InChI=1S/C22H27N3O5/c1-14-7-6-8-15(2)24(14)19(27)13-30-21(29)22-12-11-18(26)25(22)17-10-5-4-9-16(17)20(28)23(22)3/h4-5,9-10,14-15H,6-8,11-13H2,1-3H3/t14-,15-,22+/m0/s1. The highest BCUT2D eigenvalue weighted by Crippen LogP contribution is 2.44. The minimum Gasteiger partial charge on any atom is -0.452 e. The molecule has 0 bridgehead atoms. The van der Waals surface area contributed by atoms with Gasteiger partial charge in [-0.3, -0.25) is 19.3 Å². The fourth-order valence-electron chi connectivity index (χ4n) is 5.12. The number of hydrogen-bond donors (Lipinski definition) is 0. The summed E-state index contributed by atoms with van der Waals surface area (Å²) >= 11 is 0. The van der Waals surface area contributed by atoms with Crippen LogP contribution in [0, 0.1) is 0 Å². The Bertz CT molecular complexity index is 906. The number of carbonyl (C=O) groups excluding carboxylic acids is 4. The minimum atomic E-state index is -1.55. The summed E-state index contributed by atoms with van der Waals surface area (Å²) in [5.41, 5.74) is -0.780. The topological polar surface area (TPSA) is 87.2 Å². The molecular weight excluding hydrogens is 386 g/mol. The zero-order valence-electron chi connectivity index (χ0n) is 17.6. The first-order valence-electron chi connectivity index (χ1n) is 10.5. The quantitative estimate of drug-likeness (QED) is 0.707. The molecule has 0 saturated carbocycles. The van der Waals surface area contributed by atoms with E-state index in [1.165, 1.54) is 16.8 Å². The molecule has 2 fully saturated rings. The molecular formula is C22H27N3O5. The van der Waals surface area contributed by atoms with Crippen LogP contribution in [0.5, 0.6) is 0 Å². The Balaban J connectivity index is 1.59. The van der Waals surface area contributed by atoms with Gasteiger partial charge in [-0.15, -0.1) is 0 Å². The maximum Gasteiger partial charge on any atom is 0.354 e. The Morgan fingerprint density at radius 1 is 1.13 bits per heavy atom. The number of fused-ring (bicyclic) bond motifs is 3. The normalized spacial score (nSPS) is 28.3. The zero-order chi connectivity index (χ0) is 21.6. The molecule has 30 heavy (non-hydrogen) atoms. The van der Waals surface area contributed by atoms with Crippen LogP contribution in [0.4, 0.5) is 5.69 Å². The van der Waals surface area contributed by atoms with Gasteiger partial charge in [0, 0.05) is 32.0 Å². The number of likely N-dealkylation sites (N-methyl/N-ethyl adjacent to an activating group) is 1. The highest BCUT2D eigenvalue weighted by Gasteiger charge is 2.61. The number of likely N-dealkylation sites (tertiary alicyclic amines) is 1. The van der Waals surface area contributed by atoms with E-state index in [1.807, 2.05) is 13.8 Å². The molecule has 0 unspecified atom stereocenters. The second-order valence-corrected chi connectivity index (χ2v) is 8.43. The van der Waals surface area contributed by atoms with Crippen molar-refractivity contribution < 1.29 is 23.9 Å². The molecule has 2 saturated heterocycles. The first-order chi connectivity index (χ1) is 14.3. The van der Waals surface area contributed by atoms with Crippen LogP contribution in [0.25, 0.3) is 0 Å². The van der Waals surface area contributed by atoms with Crippen molar-refractivity contribution >= 4 is 29.4 Å². The number of rotatable bonds is 3. The van der Waals surface area contributed by atoms with Gasteiger partial charge in [0.1, 0.15) is 0 Å². The second kappa shape index (κ2) is 7.41. The lowest BCUT2D eigenvalue weighted by molar-refractivity contribution is -0.163. The van der Waals surface area contributed by atoms with E-state index in [0.717, 1.165) is 19.3 Å². The van der Waals surface area contributed by atoms with Gasteiger partial charge in [-0.2, -0.15) is 0 Å². The summed E-state index contributed by atoms with van der Waals surface area (Å²) in [5, 5.41) is 0. The molecule has 0 spiro atoms. The fourth-order valence-corrected chi connectivity index (χ4v) is 5.12. The van der Waals surface area contributed by atoms with Gasteiger partial charge in [0.15, 0.2) is 6.61 Å². The lowest BCUT2D eigenvalue weighted by atomic mass is 9.97. The van der Waals surface area contributed by atoms with E-state index in [9.17, 15) is 19.2 Å². The third kappa shape index (κ3) is 2.88. The summed E-state index contributed by atoms with van der Waals surface area (Å²) in [6.07, 6.45) is 3.16. The third-order valence-corrected chi connectivity index (χ3v) is 6.68. The van der Waals surface area contributed by atoms with Crippen molar-refractivity contribution in [1.82, 2.24) is 9.80 Å². The van der Waals surface area contributed by atoms with E-state index in [1.54, 1.807) is 29.2 Å². The Morgan fingerprint density at radius 2 is 1.80 bits per heavy atom. The molecule has 4 rings (SSSR count). The SMILES string of the molecule is C[C@H]1CCC[C@H](C)N1C(=O)COC(=O)[C@@]12CCC(=O)N1c1ccccc1C(=O)N2C. The molecule has 160 valence electrons. The average molecular weight is 413 g/mol. The van der Waals surface area contributed by atoms with Gasteiger partial charge in [0.05, 0.1) is 11.3 Å². The number of amides is 3. The van der Waals surface area contributed by atoms with Crippen LogP contribution in [0.2, 0.25) is 0 Å². The highest BCUT2D eigenvalue weighted by molar-refractivity contribution is 6.15. The summed E-state index contributed by atoms with van der Waals surface area (Å²) in [6.45, 7) is 3.59. The fraction of sp³-hybridized carbons (Fsp3) is 0.545. The van der Waals surface area contributed by atoms with Crippen LogP contribution >= 0.6 is 0 Å². The first kappa shape index (κ1) is 20.4. The number of benzene rings is 1. The molecule has 3 heterocycles. The van der Waals surface area contributed by atoms with Crippen molar-refractivity contribution in [2.75, 3.05) is 18.6 Å². The second-order valence-electron chi connectivity index (χ2n) is 8.43. The van der Waals surface area contributed by atoms with Gasteiger partial charge in [0.25, 0.3) is 11.8 Å². The molecule has 0 N–H and O–H groups in total. The van der Waals surface area contributed by atoms with Gasteiger partial charge >= 0.3 is 5.97 Å². The van der Waals surface area contributed by atoms with E-state index in [4.69, 9.17) is 4.74 Å². The van der Waals surface area contributed by atoms with Crippen LogP contribution in [0.15, 0.2) is 24.3 Å². The van der Waals surface area contributed by atoms with E-state index in [2.05, 4.69) is 0 Å². The van der Waals surface area contributed by atoms with E-state index >= 15 is 0 Å². The Hall–Kier alpha value is -2.90. The Kier molecular flexibility index (Phi) is 5.03. The van der Waals surface area contributed by atoms with Crippen LogP contribution < -0.4 is 4.90 Å². The number of carbonyl (C=O) groups is 4. The van der Waals surface area contributed by atoms with E-state index in [0.29, 0.717) is 11.3 Å². The van der Waals surface area contributed by atoms with Gasteiger partial charge in [-0.1, -0.05) is 12.1 Å². The minimum absolute atomic E-state index is 0.0912. The molecule has 0 aromatic heterocycles. The Labute approximate surface area is 175 Å². The van der Waals surface area contributed by atoms with Crippen molar-refractivity contribution in [3.8, 4) is 0 Å². The molecule has 1 aromatic carbocycles. The maximum atomic E-state index is 13.3. The third-order valence-electron chi connectivity index (χ3n) is 6.68. The van der Waals surface area contributed by atoms with Crippen molar-refractivity contribution in [3.63, 3.8) is 0 Å². The van der Waals surface area contributed by atoms with Crippen molar-refractivity contribution in [3.05, 3.63) is 29.8 Å². The number of nitrogens with zero attached hydrogens (tertiary/aromatic N) is 3. The molecule has 8 nitrogen and oxygen atoms in total. The van der Waals surface area contributed by atoms with Gasteiger partial charge in [-0.05, 0) is 45.2 Å². The lowest BCUT2D eigenvalue weighted by Crippen LogP contribution is -2.67. The molecule has 3 atom stereocenters. The number of hydrogen-bond acceptors (Lipinski definition) is 5. The van der Waals surface area contributed by atoms with Gasteiger partial charge in [-0.25, -0.2) is 4.79 Å². The largest absolute Gasteiger partial charge is 0.452 e. The van der Waals surface area contributed by atoms with Gasteiger partial charge < -0.3 is 14.5 Å². The summed E-state index contributed by atoms with van der Waals surface area (Å²) in [4.78, 5) is 56.2. The van der Waals surface area contributed by atoms with Crippen LogP contribution in [-0.2, 0) is 19.1 Å². The zero-order valence-corrected chi connectivity index (χ0v) is 17.6. The van der Waals surface area contributed by atoms with E-state index < -0.39 is 18.2 Å².